The SMILES string of the molecule is N#Cc1c(-c2ccc(Cl)cc2)nc(SCc2ccc([N+](=O)[O-])cc2)n(Cc2ccc([N+](=O)[O-])cc2)c1=O. The molecule has 0 bridgehead atoms. The molecule has 4 aromatic rings. The van der Waals surface area contributed by atoms with E-state index in [0.29, 0.717) is 27.1 Å². The summed E-state index contributed by atoms with van der Waals surface area (Å²) in [6.07, 6.45) is 0. The van der Waals surface area contributed by atoms with E-state index in [1.54, 1.807) is 36.4 Å². The van der Waals surface area contributed by atoms with Crippen LogP contribution in [-0.4, -0.2) is 19.4 Å². The Kier molecular flexibility index (Phi) is 7.62. The van der Waals surface area contributed by atoms with Crippen LogP contribution >= 0.6 is 23.4 Å². The van der Waals surface area contributed by atoms with E-state index >= 15 is 0 Å². The highest BCUT2D eigenvalue weighted by Crippen LogP contribution is 2.28. The predicted molar refractivity (Wildman–Crippen MR) is 139 cm³/mol. The van der Waals surface area contributed by atoms with Gasteiger partial charge in [0.2, 0.25) is 0 Å². The molecule has 0 fully saturated rings. The first kappa shape index (κ1) is 25.6. The van der Waals surface area contributed by atoms with Crippen molar-refractivity contribution >= 4 is 34.7 Å². The lowest BCUT2D eigenvalue weighted by Gasteiger charge is -2.15. The molecule has 1 heterocycles. The molecule has 0 atom stereocenters. The number of rotatable bonds is 8. The lowest BCUT2D eigenvalue weighted by atomic mass is 10.1. The van der Waals surface area contributed by atoms with Crippen LogP contribution in [0.1, 0.15) is 16.7 Å². The van der Waals surface area contributed by atoms with Crippen LogP contribution < -0.4 is 5.56 Å². The molecule has 0 unspecified atom stereocenters. The number of nitro benzene ring substituents is 2. The van der Waals surface area contributed by atoms with E-state index < -0.39 is 15.4 Å². The van der Waals surface area contributed by atoms with Crippen molar-refractivity contribution in [2.75, 3.05) is 0 Å². The molecule has 0 N–H and O–H groups in total. The topological polar surface area (TPSA) is 145 Å². The Morgan fingerprint density at radius 2 is 1.43 bits per heavy atom. The van der Waals surface area contributed by atoms with Crippen LogP contribution in [-0.2, 0) is 12.3 Å². The van der Waals surface area contributed by atoms with Gasteiger partial charge in [0.05, 0.1) is 22.1 Å². The fourth-order valence-corrected chi connectivity index (χ4v) is 4.54. The van der Waals surface area contributed by atoms with E-state index in [1.165, 1.54) is 52.7 Å². The Labute approximate surface area is 219 Å². The van der Waals surface area contributed by atoms with Crippen LogP contribution in [0.15, 0.2) is 82.7 Å². The molecular weight excluding hydrogens is 518 g/mol. The molecule has 0 aliphatic rings. The molecule has 0 saturated heterocycles. The summed E-state index contributed by atoms with van der Waals surface area (Å²) in [6, 6.07) is 20.3. The maximum atomic E-state index is 13.5. The van der Waals surface area contributed by atoms with Crippen molar-refractivity contribution in [3.8, 4) is 17.3 Å². The van der Waals surface area contributed by atoms with E-state index in [2.05, 4.69) is 4.98 Å². The molecule has 0 radical (unpaired) electrons. The van der Waals surface area contributed by atoms with Gasteiger partial charge < -0.3 is 0 Å². The zero-order chi connectivity index (χ0) is 26.5. The van der Waals surface area contributed by atoms with E-state index in [9.17, 15) is 30.3 Å². The first-order valence-electron chi connectivity index (χ1n) is 10.7. The smallest absolute Gasteiger partial charge is 0.273 e. The molecule has 3 aromatic carbocycles. The quantitative estimate of drug-likeness (QED) is 0.123. The number of halogens is 1. The fraction of sp³-hybridized carbons (Fsp3) is 0.0800. The molecule has 10 nitrogen and oxygen atoms in total. The van der Waals surface area contributed by atoms with Gasteiger partial charge in [-0.3, -0.25) is 29.6 Å². The second-order valence-electron chi connectivity index (χ2n) is 7.76. The lowest BCUT2D eigenvalue weighted by molar-refractivity contribution is -0.385. The molecule has 0 spiro atoms. The second kappa shape index (κ2) is 11.0. The Morgan fingerprint density at radius 3 is 1.95 bits per heavy atom. The molecular formula is C25H16ClN5O5S. The monoisotopic (exact) mass is 533 g/mol. The molecule has 1 aromatic heterocycles. The third-order valence-electron chi connectivity index (χ3n) is 5.37. The number of nitriles is 1. The zero-order valence-electron chi connectivity index (χ0n) is 18.9. The van der Waals surface area contributed by atoms with E-state index in [4.69, 9.17) is 11.6 Å². The van der Waals surface area contributed by atoms with Crippen molar-refractivity contribution in [1.82, 2.24) is 9.55 Å². The van der Waals surface area contributed by atoms with Gasteiger partial charge in [0.25, 0.3) is 16.9 Å². The summed E-state index contributed by atoms with van der Waals surface area (Å²) < 4.78 is 1.34. The summed E-state index contributed by atoms with van der Waals surface area (Å²) in [5, 5.41) is 32.5. The van der Waals surface area contributed by atoms with Gasteiger partial charge in [-0.05, 0) is 23.3 Å². The van der Waals surface area contributed by atoms with Gasteiger partial charge in [-0.1, -0.05) is 59.8 Å². The van der Waals surface area contributed by atoms with Gasteiger partial charge in [0.15, 0.2) is 5.16 Å². The number of benzene rings is 3. The molecule has 0 aliphatic carbocycles. The van der Waals surface area contributed by atoms with Crippen LogP contribution in [0.25, 0.3) is 11.3 Å². The summed E-state index contributed by atoms with van der Waals surface area (Å²) >= 11 is 7.22. The van der Waals surface area contributed by atoms with Gasteiger partial charge in [-0.25, -0.2) is 4.98 Å². The molecule has 0 aliphatic heterocycles. The Morgan fingerprint density at radius 1 is 0.892 bits per heavy atom. The lowest BCUT2D eigenvalue weighted by Crippen LogP contribution is -2.27. The number of nitrogens with zero attached hydrogens (tertiary/aromatic N) is 5. The van der Waals surface area contributed by atoms with Crippen molar-refractivity contribution in [2.24, 2.45) is 0 Å². The minimum absolute atomic E-state index is 0.0298. The van der Waals surface area contributed by atoms with Crippen molar-refractivity contribution < 1.29 is 9.85 Å². The van der Waals surface area contributed by atoms with Gasteiger partial charge >= 0.3 is 0 Å². The summed E-state index contributed by atoms with van der Waals surface area (Å²) in [5.74, 6) is 0.344. The fourth-order valence-electron chi connectivity index (χ4n) is 3.47. The Balaban J connectivity index is 1.77. The molecule has 37 heavy (non-hydrogen) atoms. The third kappa shape index (κ3) is 5.83. The van der Waals surface area contributed by atoms with Crippen LogP contribution in [0.3, 0.4) is 0 Å². The molecule has 4 rings (SSSR count). The van der Waals surface area contributed by atoms with Crippen molar-refractivity contribution in [1.29, 1.82) is 5.26 Å². The summed E-state index contributed by atoms with van der Waals surface area (Å²) in [6.45, 7) is 0.0298. The normalized spacial score (nSPS) is 10.6. The summed E-state index contributed by atoms with van der Waals surface area (Å²) in [4.78, 5) is 39.0. The number of hydrogen-bond donors (Lipinski definition) is 0. The first-order chi connectivity index (χ1) is 17.8. The number of non-ortho nitro benzene ring substituents is 2. The molecule has 184 valence electrons. The molecule has 0 saturated carbocycles. The van der Waals surface area contributed by atoms with Gasteiger partial charge in [-0.15, -0.1) is 0 Å². The Hall–Kier alpha value is -4.53. The number of aromatic nitrogens is 2. The highest BCUT2D eigenvalue weighted by atomic mass is 35.5. The number of hydrogen-bond acceptors (Lipinski definition) is 8. The minimum Gasteiger partial charge on any atom is -0.282 e. The van der Waals surface area contributed by atoms with Gasteiger partial charge in [0.1, 0.15) is 11.6 Å². The summed E-state index contributed by atoms with van der Waals surface area (Å²) in [7, 11) is 0. The minimum atomic E-state index is -0.563. The first-order valence-corrected chi connectivity index (χ1v) is 12.0. The van der Waals surface area contributed by atoms with Gasteiger partial charge in [-0.2, -0.15) is 5.26 Å². The van der Waals surface area contributed by atoms with Crippen molar-refractivity contribution in [2.45, 2.75) is 17.5 Å². The van der Waals surface area contributed by atoms with E-state index in [1.807, 2.05) is 6.07 Å². The highest BCUT2D eigenvalue weighted by Gasteiger charge is 2.19. The zero-order valence-corrected chi connectivity index (χ0v) is 20.5. The average Bonchev–Trinajstić information content (AvgIpc) is 2.90. The molecule has 0 amide bonds. The maximum Gasteiger partial charge on any atom is 0.273 e. The van der Waals surface area contributed by atoms with E-state index in [0.717, 1.165) is 5.56 Å². The van der Waals surface area contributed by atoms with Crippen LogP contribution in [0.5, 0.6) is 0 Å². The maximum absolute atomic E-state index is 13.5. The number of nitro groups is 2. The third-order valence-corrected chi connectivity index (χ3v) is 6.67. The van der Waals surface area contributed by atoms with Crippen LogP contribution in [0, 0.1) is 31.6 Å². The van der Waals surface area contributed by atoms with E-state index in [-0.39, 0.29) is 29.2 Å². The molecule has 12 heteroatoms. The Bertz CT molecular complexity index is 1580. The van der Waals surface area contributed by atoms with Crippen molar-refractivity contribution in [3.63, 3.8) is 0 Å². The average molecular weight is 534 g/mol. The number of thioether (sulfide) groups is 1. The van der Waals surface area contributed by atoms with Crippen molar-refractivity contribution in [3.05, 3.63) is 125 Å². The predicted octanol–water partition coefficient (Wildman–Crippen LogP) is 5.59. The second-order valence-corrected chi connectivity index (χ2v) is 9.14. The van der Waals surface area contributed by atoms with Gasteiger partial charge in [0, 0.05) is 40.6 Å². The highest BCUT2D eigenvalue weighted by molar-refractivity contribution is 7.98. The van der Waals surface area contributed by atoms with Crippen LogP contribution in [0.2, 0.25) is 5.02 Å². The largest absolute Gasteiger partial charge is 0.282 e. The standard InChI is InChI=1S/C25H16ClN5O5S/c26-19-7-5-18(6-8-19)23-22(13-27)24(32)29(14-16-1-9-20(10-2-16)30(33)34)25(28-23)37-15-17-3-11-21(12-4-17)31(35)36/h1-12H,14-15H2. The van der Waals surface area contributed by atoms with Crippen LogP contribution in [0.4, 0.5) is 11.4 Å². The summed E-state index contributed by atoms with van der Waals surface area (Å²) in [5.41, 5.74) is 1.28.